The number of hydrogen-bond acceptors (Lipinski definition) is 4. The van der Waals surface area contributed by atoms with Crippen molar-refractivity contribution in [3.05, 3.63) is 9.47 Å². The van der Waals surface area contributed by atoms with E-state index in [0.717, 1.165) is 17.5 Å². The molecule has 1 aliphatic rings. The molecule has 0 amide bonds. The van der Waals surface area contributed by atoms with Gasteiger partial charge in [0, 0.05) is 12.6 Å². The third kappa shape index (κ3) is 3.40. The molecule has 0 bridgehead atoms. The van der Waals surface area contributed by atoms with E-state index in [0.29, 0.717) is 10.5 Å². The summed E-state index contributed by atoms with van der Waals surface area (Å²) in [6.07, 6.45) is 2.78. The molecule has 1 fully saturated rings. The number of aromatic nitrogens is 2. The topological polar surface area (TPSA) is 29.0 Å². The molecule has 0 aromatic carbocycles. The van der Waals surface area contributed by atoms with Crippen molar-refractivity contribution in [3.8, 4) is 0 Å². The second kappa shape index (κ2) is 4.76. The van der Waals surface area contributed by atoms with Crippen molar-refractivity contribution < 1.29 is 0 Å². The lowest BCUT2D eigenvalue weighted by atomic mass is 10.3. The fourth-order valence-corrected chi connectivity index (χ4v) is 2.45. The monoisotopic (exact) mass is 245 g/mol. The van der Waals surface area contributed by atoms with E-state index in [1.54, 1.807) is 0 Å². The SMILES string of the molecule is CC(C)N(Cc1nnc(Cl)s1)CC1CC1. The summed E-state index contributed by atoms with van der Waals surface area (Å²) in [4.78, 5) is 2.45. The fraction of sp³-hybridized carbons (Fsp3) is 0.800. The molecule has 0 saturated heterocycles. The number of rotatable bonds is 5. The summed E-state index contributed by atoms with van der Waals surface area (Å²) in [7, 11) is 0. The van der Waals surface area contributed by atoms with Gasteiger partial charge in [-0.3, -0.25) is 4.90 Å². The molecule has 0 unspecified atom stereocenters. The smallest absolute Gasteiger partial charge is 0.207 e. The molecular weight excluding hydrogens is 230 g/mol. The Bertz CT molecular complexity index is 322. The van der Waals surface area contributed by atoms with Gasteiger partial charge in [0.05, 0.1) is 6.54 Å². The summed E-state index contributed by atoms with van der Waals surface area (Å²) >= 11 is 7.25. The Balaban J connectivity index is 1.92. The minimum Gasteiger partial charge on any atom is -0.294 e. The van der Waals surface area contributed by atoms with Crippen LogP contribution in [0.1, 0.15) is 31.7 Å². The molecule has 0 N–H and O–H groups in total. The summed E-state index contributed by atoms with van der Waals surface area (Å²) in [5, 5.41) is 8.91. The number of nitrogens with zero attached hydrogens (tertiary/aromatic N) is 3. The molecule has 1 heterocycles. The zero-order valence-electron chi connectivity index (χ0n) is 9.11. The lowest BCUT2D eigenvalue weighted by Gasteiger charge is -2.24. The van der Waals surface area contributed by atoms with E-state index >= 15 is 0 Å². The van der Waals surface area contributed by atoms with Crippen LogP contribution in [0, 0.1) is 5.92 Å². The van der Waals surface area contributed by atoms with E-state index in [9.17, 15) is 0 Å². The quantitative estimate of drug-likeness (QED) is 0.799. The second-order valence-electron chi connectivity index (χ2n) is 4.42. The zero-order chi connectivity index (χ0) is 10.8. The Hall–Kier alpha value is -0.190. The largest absolute Gasteiger partial charge is 0.294 e. The van der Waals surface area contributed by atoms with Crippen LogP contribution in [-0.2, 0) is 6.54 Å². The van der Waals surface area contributed by atoms with Gasteiger partial charge in [0.1, 0.15) is 5.01 Å². The maximum Gasteiger partial charge on any atom is 0.207 e. The first-order chi connectivity index (χ1) is 7.15. The third-order valence-corrected chi connectivity index (χ3v) is 3.70. The highest BCUT2D eigenvalue weighted by Crippen LogP contribution is 2.31. The van der Waals surface area contributed by atoms with Crippen LogP contribution in [0.5, 0.6) is 0 Å². The molecule has 2 rings (SSSR count). The first-order valence-electron chi connectivity index (χ1n) is 5.37. The van der Waals surface area contributed by atoms with Gasteiger partial charge in [-0.2, -0.15) is 0 Å². The average Bonchev–Trinajstić information content (AvgIpc) is 2.89. The zero-order valence-corrected chi connectivity index (χ0v) is 10.7. The normalized spacial score (nSPS) is 16.6. The van der Waals surface area contributed by atoms with Crippen LogP contribution in [0.3, 0.4) is 0 Å². The van der Waals surface area contributed by atoms with Gasteiger partial charge < -0.3 is 0 Å². The molecule has 0 spiro atoms. The number of halogens is 1. The lowest BCUT2D eigenvalue weighted by Crippen LogP contribution is -2.32. The molecular formula is C10H16ClN3S. The van der Waals surface area contributed by atoms with Crippen LogP contribution in [0.2, 0.25) is 4.47 Å². The van der Waals surface area contributed by atoms with Crippen LogP contribution in [0.25, 0.3) is 0 Å². The Kier molecular flexibility index (Phi) is 3.59. The summed E-state index contributed by atoms with van der Waals surface area (Å²) < 4.78 is 0.542. The van der Waals surface area contributed by atoms with Crippen LogP contribution in [0.4, 0.5) is 0 Å². The Morgan fingerprint density at radius 3 is 2.67 bits per heavy atom. The molecule has 0 atom stereocenters. The predicted octanol–water partition coefficient (Wildman–Crippen LogP) is 2.81. The first-order valence-corrected chi connectivity index (χ1v) is 6.56. The van der Waals surface area contributed by atoms with E-state index in [-0.39, 0.29) is 0 Å². The molecule has 0 radical (unpaired) electrons. The van der Waals surface area contributed by atoms with Gasteiger partial charge in [0.15, 0.2) is 0 Å². The second-order valence-corrected chi connectivity index (χ2v) is 6.06. The van der Waals surface area contributed by atoms with Crippen molar-refractivity contribution >= 4 is 22.9 Å². The summed E-state index contributed by atoms with van der Waals surface area (Å²) in [5.74, 6) is 0.913. The minimum absolute atomic E-state index is 0.542. The highest BCUT2D eigenvalue weighted by atomic mass is 35.5. The van der Waals surface area contributed by atoms with Gasteiger partial charge >= 0.3 is 0 Å². The van der Waals surface area contributed by atoms with Crippen LogP contribution >= 0.6 is 22.9 Å². The molecule has 1 saturated carbocycles. The summed E-state index contributed by atoms with van der Waals surface area (Å²) in [6.45, 7) is 6.53. The van der Waals surface area contributed by atoms with E-state index < -0.39 is 0 Å². The van der Waals surface area contributed by atoms with E-state index in [4.69, 9.17) is 11.6 Å². The van der Waals surface area contributed by atoms with E-state index in [2.05, 4.69) is 28.9 Å². The maximum absolute atomic E-state index is 5.77. The molecule has 5 heteroatoms. The maximum atomic E-state index is 5.77. The van der Waals surface area contributed by atoms with Crippen molar-refractivity contribution in [2.75, 3.05) is 6.54 Å². The van der Waals surface area contributed by atoms with Gasteiger partial charge in [-0.1, -0.05) is 11.3 Å². The molecule has 1 aliphatic carbocycles. The average molecular weight is 246 g/mol. The Labute approximate surface area is 99.5 Å². The number of hydrogen-bond donors (Lipinski definition) is 0. The predicted molar refractivity (Wildman–Crippen MR) is 63.2 cm³/mol. The first kappa shape index (κ1) is 11.3. The molecule has 1 aromatic heterocycles. The van der Waals surface area contributed by atoms with Crippen molar-refractivity contribution in [2.24, 2.45) is 5.92 Å². The van der Waals surface area contributed by atoms with E-state index in [1.807, 2.05) is 0 Å². The highest BCUT2D eigenvalue weighted by Gasteiger charge is 2.25. The molecule has 1 aromatic rings. The highest BCUT2D eigenvalue weighted by molar-refractivity contribution is 7.15. The van der Waals surface area contributed by atoms with Crippen molar-refractivity contribution in [2.45, 2.75) is 39.3 Å². The Morgan fingerprint density at radius 1 is 1.47 bits per heavy atom. The fourth-order valence-electron chi connectivity index (χ4n) is 1.56. The van der Waals surface area contributed by atoms with Gasteiger partial charge in [0.25, 0.3) is 0 Å². The lowest BCUT2D eigenvalue weighted by molar-refractivity contribution is 0.203. The third-order valence-electron chi connectivity index (χ3n) is 2.70. The molecule has 15 heavy (non-hydrogen) atoms. The molecule has 3 nitrogen and oxygen atoms in total. The van der Waals surface area contributed by atoms with Gasteiger partial charge in [-0.05, 0) is 44.2 Å². The summed E-state index contributed by atoms with van der Waals surface area (Å²) in [5.41, 5.74) is 0. The van der Waals surface area contributed by atoms with Crippen LogP contribution in [-0.4, -0.2) is 27.7 Å². The standard InChI is InChI=1S/C10H16ClN3S/c1-7(2)14(5-8-3-4-8)6-9-12-13-10(11)15-9/h7-8H,3-6H2,1-2H3. The van der Waals surface area contributed by atoms with Crippen LogP contribution in [0.15, 0.2) is 0 Å². The van der Waals surface area contributed by atoms with Crippen molar-refractivity contribution in [3.63, 3.8) is 0 Å². The van der Waals surface area contributed by atoms with Crippen molar-refractivity contribution in [1.82, 2.24) is 15.1 Å². The van der Waals surface area contributed by atoms with Gasteiger partial charge in [0.2, 0.25) is 4.47 Å². The van der Waals surface area contributed by atoms with Crippen molar-refractivity contribution in [1.29, 1.82) is 0 Å². The Morgan fingerprint density at radius 2 is 2.20 bits per heavy atom. The van der Waals surface area contributed by atoms with Gasteiger partial charge in [-0.15, -0.1) is 10.2 Å². The van der Waals surface area contributed by atoms with Crippen LogP contribution < -0.4 is 0 Å². The molecule has 0 aliphatic heterocycles. The minimum atomic E-state index is 0.542. The summed E-state index contributed by atoms with van der Waals surface area (Å²) in [6, 6.07) is 0.563. The molecule has 84 valence electrons. The van der Waals surface area contributed by atoms with E-state index in [1.165, 1.54) is 30.7 Å². The van der Waals surface area contributed by atoms with Gasteiger partial charge in [-0.25, -0.2) is 0 Å².